The van der Waals surface area contributed by atoms with Crippen LogP contribution in [0.15, 0.2) is 18.3 Å². The molecule has 2 atom stereocenters. The van der Waals surface area contributed by atoms with Crippen molar-refractivity contribution in [3.8, 4) is 0 Å². The van der Waals surface area contributed by atoms with E-state index in [1.165, 1.54) is 29.0 Å². The Balaban J connectivity index is 2.24. The summed E-state index contributed by atoms with van der Waals surface area (Å²) in [6, 6.07) is 0.736. The van der Waals surface area contributed by atoms with Crippen molar-refractivity contribution in [1.29, 1.82) is 0 Å². The van der Waals surface area contributed by atoms with Crippen LogP contribution in [-0.4, -0.2) is 82.2 Å². The molecule has 1 aromatic rings. The molecule has 0 aliphatic carbocycles. The van der Waals surface area contributed by atoms with Crippen molar-refractivity contribution < 1.29 is 28.6 Å². The summed E-state index contributed by atoms with van der Waals surface area (Å²) in [6.07, 6.45) is 0.787. The second-order valence-electron chi connectivity index (χ2n) is 9.40. The van der Waals surface area contributed by atoms with Gasteiger partial charge >= 0.3 is 12.1 Å². The van der Waals surface area contributed by atoms with E-state index in [9.17, 15) is 23.9 Å². The fourth-order valence-electron chi connectivity index (χ4n) is 3.54. The molecule has 0 radical (unpaired) electrons. The largest absolute Gasteiger partial charge is 0.480 e. The lowest BCUT2D eigenvalue weighted by Gasteiger charge is -2.42. The topological polar surface area (TPSA) is 103 Å². The van der Waals surface area contributed by atoms with E-state index in [0.717, 1.165) is 6.20 Å². The van der Waals surface area contributed by atoms with Gasteiger partial charge in [-0.05, 0) is 45.2 Å². The number of carboxylic acids is 1. The highest BCUT2D eigenvalue weighted by molar-refractivity contribution is 5.90. The number of carboxylic acid groups (broad SMARTS) is 1. The Morgan fingerprint density at radius 1 is 1.28 bits per heavy atom. The lowest BCUT2D eigenvalue weighted by atomic mass is 10.00. The van der Waals surface area contributed by atoms with Crippen LogP contribution < -0.4 is 4.90 Å². The number of hydrogen-bond acceptors (Lipinski definition) is 6. The SMILES string of the molecule is CC(C)CC(C(=O)N1CCN(c2ccc(F)cn2)CC1C(=O)O)N(C)C(=O)OC(C)(C)C. The summed E-state index contributed by atoms with van der Waals surface area (Å²) in [4.78, 5) is 46.4. The number of rotatable bonds is 6. The number of anilines is 1. The number of ether oxygens (including phenoxy) is 1. The van der Waals surface area contributed by atoms with Crippen molar-refractivity contribution in [2.75, 3.05) is 31.6 Å². The Kier molecular flexibility index (Phi) is 8.03. The fraction of sp³-hybridized carbons (Fsp3) is 0.636. The number of carbonyl (C=O) groups is 3. The molecular formula is C22H33FN4O5. The zero-order chi connectivity index (χ0) is 24.2. The third kappa shape index (κ3) is 6.54. The Hall–Kier alpha value is -2.91. The van der Waals surface area contributed by atoms with E-state index in [1.54, 1.807) is 25.7 Å². The summed E-state index contributed by atoms with van der Waals surface area (Å²) in [5.41, 5.74) is -0.728. The van der Waals surface area contributed by atoms with Gasteiger partial charge in [0, 0.05) is 20.1 Å². The minimum atomic E-state index is -1.16. The normalized spacial score (nSPS) is 17.8. The Morgan fingerprint density at radius 3 is 2.44 bits per heavy atom. The van der Waals surface area contributed by atoms with Crippen LogP contribution in [0, 0.1) is 11.7 Å². The maximum absolute atomic E-state index is 13.5. The number of aromatic nitrogens is 1. The first-order valence-electron chi connectivity index (χ1n) is 10.7. The van der Waals surface area contributed by atoms with E-state index in [2.05, 4.69) is 4.98 Å². The lowest BCUT2D eigenvalue weighted by Crippen LogP contribution is -2.62. The zero-order valence-corrected chi connectivity index (χ0v) is 19.5. The predicted molar refractivity (Wildman–Crippen MR) is 117 cm³/mol. The molecular weight excluding hydrogens is 419 g/mol. The average molecular weight is 453 g/mol. The molecule has 1 aliphatic rings. The fourth-order valence-corrected chi connectivity index (χ4v) is 3.54. The number of likely N-dealkylation sites (N-methyl/N-ethyl adjacent to an activating group) is 1. The molecule has 1 aromatic heterocycles. The van der Waals surface area contributed by atoms with E-state index in [4.69, 9.17) is 4.74 Å². The van der Waals surface area contributed by atoms with Crippen molar-refractivity contribution in [3.05, 3.63) is 24.1 Å². The Labute approximate surface area is 188 Å². The second-order valence-corrected chi connectivity index (χ2v) is 9.40. The molecule has 0 spiro atoms. The van der Waals surface area contributed by atoms with E-state index >= 15 is 0 Å². The molecule has 1 saturated heterocycles. The summed E-state index contributed by atoms with van der Waals surface area (Å²) in [6.45, 7) is 9.53. The van der Waals surface area contributed by atoms with Crippen LogP contribution in [0.3, 0.4) is 0 Å². The summed E-state index contributed by atoms with van der Waals surface area (Å²) >= 11 is 0. The second kappa shape index (κ2) is 10.1. The van der Waals surface area contributed by atoms with Crippen molar-refractivity contribution in [1.82, 2.24) is 14.8 Å². The van der Waals surface area contributed by atoms with Gasteiger partial charge in [-0.3, -0.25) is 9.69 Å². The Morgan fingerprint density at radius 2 is 1.94 bits per heavy atom. The zero-order valence-electron chi connectivity index (χ0n) is 19.5. The first kappa shape index (κ1) is 25.4. The lowest BCUT2D eigenvalue weighted by molar-refractivity contribution is -0.153. The molecule has 2 unspecified atom stereocenters. The minimum Gasteiger partial charge on any atom is -0.480 e. The third-order valence-electron chi connectivity index (χ3n) is 5.11. The van der Waals surface area contributed by atoms with Crippen LogP contribution in [-0.2, 0) is 14.3 Å². The molecule has 1 aliphatic heterocycles. The van der Waals surface area contributed by atoms with Crippen LogP contribution in [0.5, 0.6) is 0 Å². The number of amides is 2. The summed E-state index contributed by atoms with van der Waals surface area (Å²) in [5.74, 6) is -1.56. The molecule has 2 heterocycles. The van der Waals surface area contributed by atoms with Gasteiger partial charge in [0.1, 0.15) is 29.3 Å². The van der Waals surface area contributed by atoms with Crippen LogP contribution in [0.2, 0.25) is 0 Å². The van der Waals surface area contributed by atoms with Gasteiger partial charge in [0.25, 0.3) is 0 Å². The summed E-state index contributed by atoms with van der Waals surface area (Å²) in [7, 11) is 1.49. The van der Waals surface area contributed by atoms with Crippen molar-refractivity contribution in [2.45, 2.75) is 58.7 Å². The average Bonchev–Trinajstić information content (AvgIpc) is 2.69. The van der Waals surface area contributed by atoms with E-state index in [0.29, 0.717) is 18.8 Å². The molecule has 178 valence electrons. The standard InChI is InChI=1S/C22H33FN4O5/c1-14(2)11-16(25(6)21(31)32-22(3,4)5)19(28)27-10-9-26(13-17(27)20(29)30)18-8-7-15(23)12-24-18/h7-8,12,14,16-17H,9-11,13H2,1-6H3,(H,29,30). The number of carbonyl (C=O) groups excluding carboxylic acids is 2. The molecule has 2 amide bonds. The smallest absolute Gasteiger partial charge is 0.410 e. The van der Waals surface area contributed by atoms with Gasteiger partial charge in [0.05, 0.1) is 12.7 Å². The van der Waals surface area contributed by atoms with Gasteiger partial charge in [-0.25, -0.2) is 19.0 Å². The van der Waals surface area contributed by atoms with Crippen molar-refractivity contribution >= 4 is 23.8 Å². The maximum atomic E-state index is 13.5. The molecule has 0 saturated carbocycles. The van der Waals surface area contributed by atoms with Crippen LogP contribution in [0.1, 0.15) is 41.0 Å². The molecule has 10 heteroatoms. The number of hydrogen-bond donors (Lipinski definition) is 1. The molecule has 9 nitrogen and oxygen atoms in total. The van der Waals surface area contributed by atoms with Gasteiger partial charge in [-0.2, -0.15) is 0 Å². The van der Waals surface area contributed by atoms with E-state index in [1.807, 2.05) is 13.8 Å². The molecule has 2 rings (SSSR count). The predicted octanol–water partition coefficient (Wildman–Crippen LogP) is 2.60. The minimum absolute atomic E-state index is 0.00422. The summed E-state index contributed by atoms with van der Waals surface area (Å²) in [5, 5.41) is 9.82. The monoisotopic (exact) mass is 452 g/mol. The molecule has 1 N–H and O–H groups in total. The van der Waals surface area contributed by atoms with E-state index < -0.39 is 41.5 Å². The van der Waals surface area contributed by atoms with Crippen LogP contribution in [0.4, 0.5) is 15.0 Å². The number of aliphatic carboxylic acids is 1. The van der Waals surface area contributed by atoms with Gasteiger partial charge < -0.3 is 19.6 Å². The third-order valence-corrected chi connectivity index (χ3v) is 5.11. The molecule has 0 bridgehead atoms. The first-order chi connectivity index (χ1) is 14.8. The quantitative estimate of drug-likeness (QED) is 0.708. The van der Waals surface area contributed by atoms with Gasteiger partial charge in [-0.15, -0.1) is 0 Å². The maximum Gasteiger partial charge on any atom is 0.410 e. The van der Waals surface area contributed by atoms with Crippen LogP contribution >= 0.6 is 0 Å². The number of pyridine rings is 1. The Bertz CT molecular complexity index is 825. The van der Waals surface area contributed by atoms with Crippen LogP contribution in [0.25, 0.3) is 0 Å². The van der Waals surface area contributed by atoms with Crippen molar-refractivity contribution in [2.24, 2.45) is 5.92 Å². The number of halogens is 1. The summed E-state index contributed by atoms with van der Waals surface area (Å²) < 4.78 is 18.6. The molecule has 1 fully saturated rings. The van der Waals surface area contributed by atoms with Gasteiger partial charge in [-0.1, -0.05) is 13.8 Å². The number of nitrogens with zero attached hydrogens (tertiary/aromatic N) is 4. The molecule has 32 heavy (non-hydrogen) atoms. The van der Waals surface area contributed by atoms with Crippen molar-refractivity contribution in [3.63, 3.8) is 0 Å². The first-order valence-corrected chi connectivity index (χ1v) is 10.7. The van der Waals surface area contributed by atoms with Gasteiger partial charge in [0.2, 0.25) is 5.91 Å². The van der Waals surface area contributed by atoms with E-state index in [-0.39, 0.29) is 19.0 Å². The number of piperazine rings is 1. The molecule has 0 aromatic carbocycles. The highest BCUT2D eigenvalue weighted by Gasteiger charge is 2.41. The highest BCUT2D eigenvalue weighted by atomic mass is 19.1. The van der Waals surface area contributed by atoms with Gasteiger partial charge in [0.15, 0.2) is 0 Å². The highest BCUT2D eigenvalue weighted by Crippen LogP contribution is 2.22.